The Morgan fingerprint density at radius 3 is 1.25 bits per heavy atom. The number of ether oxygens (including phenoxy) is 6. The highest BCUT2D eigenvalue weighted by atomic mass is 16.8. The molecule has 0 aliphatic carbocycles. The molecule has 19 nitrogen and oxygen atoms in total. The monoisotopic (exact) mass is 1190 g/mol. The highest BCUT2D eigenvalue weighted by Gasteiger charge is 2.53. The number of carbonyl (C=O) groups excluding carboxylic acids is 1. The van der Waals surface area contributed by atoms with Gasteiger partial charge in [-0.1, -0.05) is 197 Å². The first-order valence-electron chi connectivity index (χ1n) is 32.4. The zero-order chi connectivity index (χ0) is 60.5. The molecule has 0 aromatic carbocycles. The number of hydrogen-bond acceptors (Lipinski definition) is 18. The summed E-state index contributed by atoms with van der Waals surface area (Å²) in [5, 5.41) is 120. The molecule has 0 aromatic heterocycles. The van der Waals surface area contributed by atoms with Crippen LogP contribution in [-0.4, -0.2) is 193 Å². The van der Waals surface area contributed by atoms with E-state index in [1.54, 1.807) is 6.08 Å². The molecule has 0 saturated carbocycles. The molecule has 3 aliphatic heterocycles. The molecule has 0 bridgehead atoms. The van der Waals surface area contributed by atoms with E-state index in [9.17, 15) is 61.0 Å². The maximum Gasteiger partial charge on any atom is 0.220 e. The van der Waals surface area contributed by atoms with Crippen molar-refractivity contribution in [3.63, 3.8) is 0 Å². The molecule has 0 radical (unpaired) electrons. The van der Waals surface area contributed by atoms with Gasteiger partial charge in [0, 0.05) is 6.42 Å². The molecular formula is C64H115NO18. The van der Waals surface area contributed by atoms with Gasteiger partial charge in [-0.3, -0.25) is 4.79 Å². The standard InChI is InChI=1S/C64H115NO18/c1-3-5-7-9-11-13-15-16-17-18-19-20-21-22-23-24-25-26-27-28-29-30-32-34-36-38-40-42-52(70)65-47(48(69)41-39-37-35-33-31-14-12-10-8-6-4-2)46-78-62-58(76)55(73)60(50(44-67)80-62)83-64-59(77)56(74)61(51(45-68)81-64)82-63-57(75)54(72)53(71)49(43-66)79-63/h8,10,18-19,31,33,39,41,47-51,53-64,66-69,71-77H,3-7,9,11-17,20-30,32,34-38,40,42-46H2,1-2H3,(H,65,70)/b10-8+,19-18-,33-31+,41-39+. The van der Waals surface area contributed by atoms with Gasteiger partial charge in [0.1, 0.15) is 73.2 Å². The molecule has 0 spiro atoms. The SMILES string of the molecule is CCC/C=C/CC/C=C/CC/C=C/C(O)C(COC1OC(CO)C(OC2OC(CO)C(OC3OC(CO)C(O)C(O)C3O)C(O)C2O)C(O)C1O)NC(=O)CCCCCCCCCCCCCCCCC/C=C\CCCCCCCCCC. The zero-order valence-electron chi connectivity index (χ0n) is 50.7. The number of nitrogens with one attached hydrogen (secondary N) is 1. The Kier molecular flexibility index (Phi) is 42.3. The van der Waals surface area contributed by atoms with Crippen LogP contribution < -0.4 is 5.32 Å². The fraction of sp³-hybridized carbons (Fsp3) is 0.859. The fourth-order valence-electron chi connectivity index (χ4n) is 10.8. The van der Waals surface area contributed by atoms with Gasteiger partial charge in [0.05, 0.1) is 38.6 Å². The van der Waals surface area contributed by atoms with E-state index in [1.165, 1.54) is 135 Å². The summed E-state index contributed by atoms with van der Waals surface area (Å²) in [4.78, 5) is 13.3. The molecule has 17 unspecified atom stereocenters. The van der Waals surface area contributed by atoms with Crippen molar-refractivity contribution in [2.24, 2.45) is 0 Å². The normalized spacial score (nSPS) is 29.7. The second-order valence-corrected chi connectivity index (χ2v) is 23.2. The zero-order valence-corrected chi connectivity index (χ0v) is 50.7. The van der Waals surface area contributed by atoms with E-state index in [1.807, 2.05) is 6.08 Å². The van der Waals surface area contributed by atoms with Crippen molar-refractivity contribution in [2.75, 3.05) is 26.4 Å². The van der Waals surface area contributed by atoms with Crippen molar-refractivity contribution >= 4 is 5.91 Å². The first-order chi connectivity index (χ1) is 40.3. The molecule has 3 aliphatic rings. The first kappa shape index (κ1) is 75.0. The quantitative estimate of drug-likeness (QED) is 0.0215. The number of rotatable bonds is 48. The van der Waals surface area contributed by atoms with Crippen LogP contribution in [0.2, 0.25) is 0 Å². The summed E-state index contributed by atoms with van der Waals surface area (Å²) in [6, 6.07) is -0.994. The molecule has 1 amide bonds. The van der Waals surface area contributed by atoms with Crippen molar-refractivity contribution in [2.45, 2.75) is 324 Å². The largest absolute Gasteiger partial charge is 0.394 e. The van der Waals surface area contributed by atoms with Gasteiger partial charge in [0.2, 0.25) is 5.91 Å². The summed E-state index contributed by atoms with van der Waals surface area (Å²) in [7, 11) is 0. The molecule has 3 saturated heterocycles. The van der Waals surface area contributed by atoms with Crippen LogP contribution in [0.1, 0.15) is 219 Å². The van der Waals surface area contributed by atoms with Crippen LogP contribution in [0.3, 0.4) is 0 Å². The predicted molar refractivity (Wildman–Crippen MR) is 319 cm³/mol. The number of allylic oxidation sites excluding steroid dienone is 7. The maximum atomic E-state index is 13.3. The summed E-state index contributed by atoms with van der Waals surface area (Å²) < 4.78 is 34.2. The van der Waals surface area contributed by atoms with E-state index >= 15 is 0 Å². The van der Waals surface area contributed by atoms with Crippen molar-refractivity contribution < 1.29 is 89.4 Å². The molecule has 17 atom stereocenters. The van der Waals surface area contributed by atoms with Gasteiger partial charge in [-0.05, 0) is 64.2 Å². The minimum atomic E-state index is -1.98. The Labute approximate surface area is 497 Å². The molecule has 0 aromatic rings. The van der Waals surface area contributed by atoms with Gasteiger partial charge in [-0.15, -0.1) is 0 Å². The Bertz CT molecular complexity index is 1700. The fourth-order valence-corrected chi connectivity index (χ4v) is 10.8. The van der Waals surface area contributed by atoms with Crippen LogP contribution >= 0.6 is 0 Å². The second kappa shape index (κ2) is 46.8. The molecule has 3 fully saturated rings. The van der Waals surface area contributed by atoms with Gasteiger partial charge in [0.25, 0.3) is 0 Å². The molecule has 3 rings (SSSR count). The summed E-state index contributed by atoms with van der Waals surface area (Å²) in [5.74, 6) is -0.291. The van der Waals surface area contributed by atoms with Crippen molar-refractivity contribution in [1.29, 1.82) is 0 Å². The Hall–Kier alpha value is -2.25. The Balaban J connectivity index is 1.41. The highest BCUT2D eigenvalue weighted by molar-refractivity contribution is 5.76. The number of unbranched alkanes of at least 4 members (excludes halogenated alkanes) is 26. The number of amides is 1. The van der Waals surface area contributed by atoms with Crippen molar-refractivity contribution in [3.05, 3.63) is 48.6 Å². The molecule has 12 N–H and O–H groups in total. The topological polar surface area (TPSA) is 307 Å². The van der Waals surface area contributed by atoms with E-state index < -0.39 is 124 Å². The molecule has 3 heterocycles. The molecule has 83 heavy (non-hydrogen) atoms. The highest BCUT2D eigenvalue weighted by Crippen LogP contribution is 2.33. The van der Waals surface area contributed by atoms with Gasteiger partial charge in [-0.25, -0.2) is 0 Å². The smallest absolute Gasteiger partial charge is 0.220 e. The molecular weight excluding hydrogens is 1070 g/mol. The molecule has 484 valence electrons. The molecule has 19 heteroatoms. The van der Waals surface area contributed by atoms with Crippen LogP contribution in [0, 0.1) is 0 Å². The van der Waals surface area contributed by atoms with Gasteiger partial charge < -0.3 is 89.9 Å². The average Bonchev–Trinajstić information content (AvgIpc) is 3.64. The maximum absolute atomic E-state index is 13.3. The second-order valence-electron chi connectivity index (χ2n) is 23.2. The van der Waals surface area contributed by atoms with E-state index in [4.69, 9.17) is 28.4 Å². The lowest BCUT2D eigenvalue weighted by Crippen LogP contribution is -2.66. The van der Waals surface area contributed by atoms with Crippen molar-refractivity contribution in [1.82, 2.24) is 5.32 Å². The Morgan fingerprint density at radius 1 is 0.422 bits per heavy atom. The third-order valence-corrected chi connectivity index (χ3v) is 16.1. The van der Waals surface area contributed by atoms with Gasteiger partial charge >= 0.3 is 0 Å². The minimum absolute atomic E-state index is 0.232. The number of aliphatic hydroxyl groups excluding tert-OH is 11. The van der Waals surface area contributed by atoms with E-state index in [0.29, 0.717) is 12.8 Å². The lowest BCUT2D eigenvalue weighted by molar-refractivity contribution is -0.379. The van der Waals surface area contributed by atoms with Gasteiger partial charge in [0.15, 0.2) is 18.9 Å². The van der Waals surface area contributed by atoms with Crippen LogP contribution in [-0.2, 0) is 33.2 Å². The first-order valence-corrected chi connectivity index (χ1v) is 32.4. The number of aliphatic hydroxyl groups is 11. The summed E-state index contributed by atoms with van der Waals surface area (Å²) >= 11 is 0. The summed E-state index contributed by atoms with van der Waals surface area (Å²) in [6.45, 7) is 1.62. The van der Waals surface area contributed by atoms with Crippen LogP contribution in [0.25, 0.3) is 0 Å². The Morgan fingerprint density at radius 2 is 0.795 bits per heavy atom. The van der Waals surface area contributed by atoms with E-state index in [2.05, 4.69) is 55.6 Å². The third kappa shape index (κ3) is 30.0. The average molecular weight is 1190 g/mol. The lowest BCUT2D eigenvalue weighted by Gasteiger charge is -2.48. The predicted octanol–water partition coefficient (Wildman–Crippen LogP) is 7.04. The lowest BCUT2D eigenvalue weighted by atomic mass is 9.96. The van der Waals surface area contributed by atoms with Crippen LogP contribution in [0.15, 0.2) is 48.6 Å². The van der Waals surface area contributed by atoms with E-state index in [0.717, 1.165) is 51.4 Å². The summed E-state index contributed by atoms with van der Waals surface area (Å²) in [5.41, 5.74) is 0. The van der Waals surface area contributed by atoms with Crippen LogP contribution in [0.5, 0.6) is 0 Å². The minimum Gasteiger partial charge on any atom is -0.394 e. The van der Waals surface area contributed by atoms with Crippen LogP contribution in [0.4, 0.5) is 0 Å². The van der Waals surface area contributed by atoms with Gasteiger partial charge in [-0.2, -0.15) is 0 Å². The van der Waals surface area contributed by atoms with E-state index in [-0.39, 0.29) is 18.9 Å². The number of carbonyl (C=O) groups is 1. The number of hydrogen-bond donors (Lipinski definition) is 12. The third-order valence-electron chi connectivity index (χ3n) is 16.1. The van der Waals surface area contributed by atoms with Crippen molar-refractivity contribution in [3.8, 4) is 0 Å². The summed E-state index contributed by atoms with van der Waals surface area (Å²) in [6.07, 6.45) is 26.9.